The highest BCUT2D eigenvalue weighted by Gasteiger charge is 2.10. The highest BCUT2D eigenvalue weighted by molar-refractivity contribution is 7.92. The number of rotatable bonds is 4. The van der Waals surface area contributed by atoms with E-state index in [0.29, 0.717) is 22.8 Å². The normalized spacial score (nSPS) is 11.3. The lowest BCUT2D eigenvalue weighted by molar-refractivity contribution is 0.600. The second-order valence-corrected chi connectivity index (χ2v) is 5.41. The minimum Gasteiger partial charge on any atom is -0.399 e. The van der Waals surface area contributed by atoms with E-state index in [2.05, 4.69) is 4.72 Å². The van der Waals surface area contributed by atoms with Crippen molar-refractivity contribution in [1.29, 1.82) is 0 Å². The molecule has 15 heavy (non-hydrogen) atoms. The van der Waals surface area contributed by atoms with Crippen molar-refractivity contribution in [2.45, 2.75) is 13.3 Å². The van der Waals surface area contributed by atoms with Gasteiger partial charge < -0.3 is 5.73 Å². The molecule has 0 saturated carbocycles. The zero-order valence-corrected chi connectivity index (χ0v) is 9.90. The number of nitrogen functional groups attached to an aromatic ring is 1. The molecule has 1 rings (SSSR count). The largest absolute Gasteiger partial charge is 0.399 e. The SMILES string of the molecule is CCCS(=O)(=O)Nc1ccc(N)cc1Cl. The van der Waals surface area contributed by atoms with E-state index in [0.717, 1.165) is 0 Å². The number of nitrogens with one attached hydrogen (secondary N) is 1. The first-order valence-electron chi connectivity index (χ1n) is 4.50. The molecule has 1 aromatic carbocycles. The molecule has 3 N–H and O–H groups in total. The molecular weight excluding hydrogens is 236 g/mol. The van der Waals surface area contributed by atoms with Crippen LogP contribution in [-0.4, -0.2) is 14.2 Å². The molecule has 0 saturated heterocycles. The minimum absolute atomic E-state index is 0.0771. The van der Waals surface area contributed by atoms with Crippen molar-refractivity contribution in [3.63, 3.8) is 0 Å². The van der Waals surface area contributed by atoms with Gasteiger partial charge in [0.15, 0.2) is 0 Å². The molecule has 0 aliphatic carbocycles. The summed E-state index contributed by atoms with van der Waals surface area (Å²) >= 11 is 5.83. The summed E-state index contributed by atoms with van der Waals surface area (Å²) in [4.78, 5) is 0. The summed E-state index contributed by atoms with van der Waals surface area (Å²) < 4.78 is 25.3. The van der Waals surface area contributed by atoms with E-state index in [1.807, 2.05) is 0 Å². The van der Waals surface area contributed by atoms with Gasteiger partial charge in [0, 0.05) is 5.69 Å². The van der Waals surface area contributed by atoms with E-state index in [-0.39, 0.29) is 5.75 Å². The zero-order chi connectivity index (χ0) is 11.5. The Bertz CT molecular complexity index is 445. The van der Waals surface area contributed by atoms with E-state index < -0.39 is 10.0 Å². The molecule has 0 radical (unpaired) electrons. The fourth-order valence-corrected chi connectivity index (χ4v) is 2.55. The van der Waals surface area contributed by atoms with Gasteiger partial charge in [-0.1, -0.05) is 18.5 Å². The predicted octanol–water partition coefficient (Wildman–Crippen LogP) is 2.07. The smallest absolute Gasteiger partial charge is 0.232 e. The fourth-order valence-electron chi connectivity index (χ4n) is 1.10. The quantitative estimate of drug-likeness (QED) is 0.802. The Hall–Kier alpha value is -0.940. The van der Waals surface area contributed by atoms with Crippen LogP contribution in [0.5, 0.6) is 0 Å². The lowest BCUT2D eigenvalue weighted by Gasteiger charge is -2.08. The molecule has 4 nitrogen and oxygen atoms in total. The summed E-state index contributed by atoms with van der Waals surface area (Å²) in [5, 5.41) is 0.301. The van der Waals surface area contributed by atoms with E-state index >= 15 is 0 Å². The molecule has 1 aromatic rings. The number of hydrogen-bond donors (Lipinski definition) is 2. The maximum absolute atomic E-state index is 11.4. The molecule has 0 unspecified atom stereocenters. The molecule has 0 amide bonds. The molecule has 0 bridgehead atoms. The Morgan fingerprint density at radius 2 is 2.13 bits per heavy atom. The molecule has 0 aliphatic rings. The van der Waals surface area contributed by atoms with Crippen LogP contribution in [0.15, 0.2) is 18.2 Å². The number of halogens is 1. The van der Waals surface area contributed by atoms with Gasteiger partial charge in [0.2, 0.25) is 10.0 Å². The second kappa shape index (κ2) is 4.72. The highest BCUT2D eigenvalue weighted by Crippen LogP contribution is 2.24. The summed E-state index contributed by atoms with van der Waals surface area (Å²) in [5.41, 5.74) is 6.35. The number of benzene rings is 1. The Kier molecular flexibility index (Phi) is 3.82. The molecule has 0 spiro atoms. The van der Waals surface area contributed by atoms with E-state index in [1.165, 1.54) is 6.07 Å². The van der Waals surface area contributed by atoms with Gasteiger partial charge in [-0.15, -0.1) is 0 Å². The van der Waals surface area contributed by atoms with Gasteiger partial charge in [-0.3, -0.25) is 4.72 Å². The first-order valence-corrected chi connectivity index (χ1v) is 6.53. The number of sulfonamides is 1. The van der Waals surface area contributed by atoms with Crippen LogP contribution in [-0.2, 0) is 10.0 Å². The maximum atomic E-state index is 11.4. The third kappa shape index (κ3) is 3.60. The molecule has 0 fully saturated rings. The van der Waals surface area contributed by atoms with Crippen LogP contribution < -0.4 is 10.5 Å². The van der Waals surface area contributed by atoms with Crippen LogP contribution in [0.1, 0.15) is 13.3 Å². The van der Waals surface area contributed by atoms with Crippen LogP contribution >= 0.6 is 11.6 Å². The maximum Gasteiger partial charge on any atom is 0.232 e. The van der Waals surface area contributed by atoms with Crippen LogP contribution in [0.4, 0.5) is 11.4 Å². The van der Waals surface area contributed by atoms with Crippen LogP contribution in [0, 0.1) is 0 Å². The van der Waals surface area contributed by atoms with Crippen molar-refractivity contribution < 1.29 is 8.42 Å². The van der Waals surface area contributed by atoms with Gasteiger partial charge in [0.25, 0.3) is 0 Å². The number of hydrogen-bond acceptors (Lipinski definition) is 3. The molecule has 6 heteroatoms. The van der Waals surface area contributed by atoms with Crippen molar-refractivity contribution >= 4 is 33.0 Å². The molecule has 0 heterocycles. The summed E-state index contributed by atoms with van der Waals surface area (Å²) in [6.45, 7) is 1.80. The third-order valence-electron chi connectivity index (χ3n) is 1.73. The van der Waals surface area contributed by atoms with Crippen molar-refractivity contribution in [2.24, 2.45) is 0 Å². The lowest BCUT2D eigenvalue weighted by Crippen LogP contribution is -2.16. The first-order chi connectivity index (χ1) is 6.94. The lowest BCUT2D eigenvalue weighted by atomic mass is 10.3. The van der Waals surface area contributed by atoms with Gasteiger partial charge in [-0.05, 0) is 24.6 Å². The van der Waals surface area contributed by atoms with E-state index in [4.69, 9.17) is 17.3 Å². The van der Waals surface area contributed by atoms with Gasteiger partial charge in [-0.25, -0.2) is 8.42 Å². The minimum atomic E-state index is -3.30. The van der Waals surface area contributed by atoms with Crippen molar-refractivity contribution in [3.8, 4) is 0 Å². The van der Waals surface area contributed by atoms with Crippen molar-refractivity contribution in [1.82, 2.24) is 0 Å². The predicted molar refractivity (Wildman–Crippen MR) is 63.6 cm³/mol. The second-order valence-electron chi connectivity index (χ2n) is 3.16. The Morgan fingerprint density at radius 3 is 2.67 bits per heavy atom. The monoisotopic (exact) mass is 248 g/mol. The Labute approximate surface area is 94.5 Å². The van der Waals surface area contributed by atoms with Gasteiger partial charge in [0.1, 0.15) is 0 Å². The summed E-state index contributed by atoms with van der Waals surface area (Å²) in [7, 11) is -3.30. The first kappa shape index (κ1) is 12.1. The Morgan fingerprint density at radius 1 is 1.47 bits per heavy atom. The van der Waals surface area contributed by atoms with Crippen LogP contribution in [0.3, 0.4) is 0 Å². The third-order valence-corrected chi connectivity index (χ3v) is 3.52. The summed E-state index contributed by atoms with van der Waals surface area (Å²) in [6, 6.07) is 4.64. The average Bonchev–Trinajstić information content (AvgIpc) is 2.09. The molecule has 0 aromatic heterocycles. The number of anilines is 2. The van der Waals surface area contributed by atoms with Crippen LogP contribution in [0.2, 0.25) is 5.02 Å². The summed E-state index contributed by atoms with van der Waals surface area (Å²) in [5.74, 6) is 0.0771. The van der Waals surface area contributed by atoms with Gasteiger partial charge in [0.05, 0.1) is 16.5 Å². The van der Waals surface area contributed by atoms with Crippen molar-refractivity contribution in [3.05, 3.63) is 23.2 Å². The molecule has 0 aliphatic heterocycles. The molecular formula is C9H13ClN2O2S. The van der Waals surface area contributed by atoms with E-state index in [1.54, 1.807) is 19.1 Å². The average molecular weight is 249 g/mol. The van der Waals surface area contributed by atoms with Gasteiger partial charge >= 0.3 is 0 Å². The topological polar surface area (TPSA) is 72.2 Å². The molecule has 0 atom stereocenters. The standard InChI is InChI=1S/C9H13ClN2O2S/c1-2-5-15(13,14)12-9-4-3-7(11)6-8(9)10/h3-4,6,12H,2,5,11H2,1H3. The van der Waals surface area contributed by atoms with E-state index in [9.17, 15) is 8.42 Å². The number of nitrogens with two attached hydrogens (primary N) is 1. The zero-order valence-electron chi connectivity index (χ0n) is 8.33. The summed E-state index contributed by atoms with van der Waals surface area (Å²) in [6.07, 6.45) is 0.557. The highest BCUT2D eigenvalue weighted by atomic mass is 35.5. The Balaban J connectivity index is 2.90. The fraction of sp³-hybridized carbons (Fsp3) is 0.333. The van der Waals surface area contributed by atoms with Gasteiger partial charge in [-0.2, -0.15) is 0 Å². The van der Waals surface area contributed by atoms with Crippen molar-refractivity contribution in [2.75, 3.05) is 16.2 Å². The van der Waals surface area contributed by atoms with Crippen LogP contribution in [0.25, 0.3) is 0 Å². The molecule has 84 valence electrons.